The number of para-hydroxylation sites is 2. The van der Waals surface area contributed by atoms with E-state index in [0.717, 1.165) is 17.1 Å². The number of rotatable bonds is 5. The van der Waals surface area contributed by atoms with E-state index in [0.29, 0.717) is 0 Å². The largest absolute Gasteiger partial charge is 0.311 e. The van der Waals surface area contributed by atoms with Gasteiger partial charge in [-0.25, -0.2) is 0 Å². The Kier molecular flexibility index (Phi) is 6.68. The zero-order valence-corrected chi connectivity index (χ0v) is 32.2. The van der Waals surface area contributed by atoms with Crippen LogP contribution in [0.2, 0.25) is 0 Å². The van der Waals surface area contributed by atoms with Crippen molar-refractivity contribution >= 4 is 60.4 Å². The summed E-state index contributed by atoms with van der Waals surface area (Å²) >= 11 is 0. The fourth-order valence-corrected chi connectivity index (χ4v) is 10.7. The van der Waals surface area contributed by atoms with Gasteiger partial charge in [-0.05, 0) is 133 Å². The molecule has 0 saturated carbocycles. The van der Waals surface area contributed by atoms with Gasteiger partial charge in [0, 0.05) is 33.5 Å². The maximum absolute atomic E-state index is 2.53. The van der Waals surface area contributed by atoms with Crippen LogP contribution in [0.3, 0.4) is 0 Å². The van der Waals surface area contributed by atoms with Crippen molar-refractivity contribution in [1.29, 1.82) is 0 Å². The quantitative estimate of drug-likeness (QED) is 0.170. The third kappa shape index (κ3) is 4.40. The summed E-state index contributed by atoms with van der Waals surface area (Å²) in [4.78, 5) is 2.33. The van der Waals surface area contributed by atoms with Crippen molar-refractivity contribution in [3.05, 3.63) is 241 Å². The van der Waals surface area contributed by atoms with Crippen molar-refractivity contribution in [2.75, 3.05) is 4.90 Å². The van der Waals surface area contributed by atoms with Crippen molar-refractivity contribution in [2.45, 2.75) is 5.41 Å². The first-order chi connectivity index (χ1) is 29.3. The van der Waals surface area contributed by atoms with Crippen molar-refractivity contribution in [3.63, 3.8) is 0 Å². The smallest absolute Gasteiger partial charge is 0.0726 e. The predicted octanol–water partition coefficient (Wildman–Crippen LogP) is 14.9. The molecule has 11 aromatic rings. The molecule has 1 aromatic heterocycles. The molecule has 2 heteroatoms. The van der Waals surface area contributed by atoms with E-state index in [-0.39, 0.29) is 0 Å². The molecular weight excluding hydrogens is 713 g/mol. The molecule has 1 heterocycles. The lowest BCUT2D eigenvalue weighted by Gasteiger charge is -2.38. The van der Waals surface area contributed by atoms with Crippen LogP contribution in [0.25, 0.3) is 71.3 Å². The second-order valence-electron chi connectivity index (χ2n) is 16.0. The molecule has 2 aliphatic carbocycles. The van der Waals surface area contributed by atoms with Gasteiger partial charge in [-0.2, -0.15) is 0 Å². The van der Waals surface area contributed by atoms with Crippen LogP contribution >= 0.6 is 0 Å². The summed E-state index contributed by atoms with van der Waals surface area (Å²) in [6.07, 6.45) is 0. The molecule has 0 N–H and O–H groups in total. The summed E-state index contributed by atoms with van der Waals surface area (Å²) in [7, 11) is 0. The van der Waals surface area contributed by atoms with Crippen LogP contribution in [0.1, 0.15) is 22.3 Å². The maximum Gasteiger partial charge on any atom is 0.0726 e. The Balaban J connectivity index is 1.13. The fraction of sp³-hybridized carbons (Fsp3) is 0.0175. The van der Waals surface area contributed by atoms with Crippen LogP contribution in [0, 0.1) is 0 Å². The van der Waals surface area contributed by atoms with Gasteiger partial charge in [0.2, 0.25) is 0 Å². The van der Waals surface area contributed by atoms with Crippen LogP contribution in [0.4, 0.5) is 17.1 Å². The molecule has 10 aromatic carbocycles. The molecule has 1 spiro atoms. The number of hydrogen-bond donors (Lipinski definition) is 0. The topological polar surface area (TPSA) is 8.17 Å². The van der Waals surface area contributed by atoms with Crippen LogP contribution in [-0.2, 0) is 5.41 Å². The number of aromatic nitrogens is 1. The SMILES string of the molecule is c1ccc(N(c2ccccc2)c2ccc(-c3cc4c5c6c7c(cccc7ccc6n(-c6ccc7ccccc7c6)c5c3)C43c4ccccc4-c4ccccc43)cc2)cc1. The van der Waals surface area contributed by atoms with E-state index >= 15 is 0 Å². The van der Waals surface area contributed by atoms with Gasteiger partial charge in [-0.3, -0.25) is 0 Å². The molecule has 13 rings (SSSR count). The minimum atomic E-state index is -0.505. The molecule has 0 bridgehead atoms. The van der Waals surface area contributed by atoms with E-state index in [4.69, 9.17) is 0 Å². The van der Waals surface area contributed by atoms with E-state index in [9.17, 15) is 0 Å². The van der Waals surface area contributed by atoms with Gasteiger partial charge < -0.3 is 9.47 Å². The standard InChI is InChI=1S/C57H36N2/c1-3-17-42(18-4-1)58(43-19-5-2-6-20-43)44-30-26-38(27-31-44)41-35-51-55-53(36-41)59(45-32-28-37-14-7-8-15-40(37)34-45)52-33-29-39-16-13-25-50(54(39)56(52)55)57(51)48-23-11-9-21-46(48)47-22-10-12-24-49(47)57/h1-36H. The first kappa shape index (κ1) is 32.4. The van der Waals surface area contributed by atoms with Crippen LogP contribution in [0.15, 0.2) is 218 Å². The molecule has 2 aliphatic rings. The molecule has 2 nitrogen and oxygen atoms in total. The number of benzene rings is 10. The summed E-state index contributed by atoms with van der Waals surface area (Å²) < 4.78 is 2.53. The Morgan fingerprint density at radius 1 is 0.322 bits per heavy atom. The summed E-state index contributed by atoms with van der Waals surface area (Å²) in [5, 5.41) is 7.79. The average Bonchev–Trinajstić information content (AvgIpc) is 3.80. The highest BCUT2D eigenvalue weighted by atomic mass is 15.1. The molecular formula is C57H36N2. The average molecular weight is 749 g/mol. The normalized spacial score (nSPS) is 13.2. The summed E-state index contributed by atoms with van der Waals surface area (Å²) in [6, 6.07) is 81.0. The van der Waals surface area contributed by atoms with Gasteiger partial charge in [0.05, 0.1) is 16.4 Å². The Morgan fingerprint density at radius 3 is 1.61 bits per heavy atom. The number of hydrogen-bond acceptors (Lipinski definition) is 1. The van der Waals surface area contributed by atoms with Gasteiger partial charge in [0.25, 0.3) is 0 Å². The zero-order valence-electron chi connectivity index (χ0n) is 32.2. The van der Waals surface area contributed by atoms with E-state index < -0.39 is 5.41 Å². The summed E-state index contributed by atoms with van der Waals surface area (Å²) in [5.41, 5.74) is 16.9. The molecule has 274 valence electrons. The van der Waals surface area contributed by atoms with Crippen LogP contribution in [0.5, 0.6) is 0 Å². The second-order valence-corrected chi connectivity index (χ2v) is 16.0. The van der Waals surface area contributed by atoms with Crippen LogP contribution in [-0.4, -0.2) is 4.57 Å². The van der Waals surface area contributed by atoms with Gasteiger partial charge in [0.15, 0.2) is 0 Å². The van der Waals surface area contributed by atoms with E-state index in [1.807, 2.05) is 0 Å². The fourth-order valence-electron chi connectivity index (χ4n) is 10.7. The third-order valence-electron chi connectivity index (χ3n) is 13.1. The molecule has 0 atom stereocenters. The van der Waals surface area contributed by atoms with Gasteiger partial charge in [-0.1, -0.05) is 152 Å². The van der Waals surface area contributed by atoms with Crippen molar-refractivity contribution in [3.8, 4) is 27.9 Å². The Bertz CT molecular complexity index is 3400. The monoisotopic (exact) mass is 748 g/mol. The highest BCUT2D eigenvalue weighted by Gasteiger charge is 2.50. The highest BCUT2D eigenvalue weighted by Crippen LogP contribution is 2.62. The lowest BCUT2D eigenvalue weighted by atomic mass is 9.63. The van der Waals surface area contributed by atoms with Crippen molar-refractivity contribution < 1.29 is 0 Å². The molecule has 0 radical (unpaired) electrons. The predicted molar refractivity (Wildman–Crippen MR) is 247 cm³/mol. The lowest BCUT2D eigenvalue weighted by molar-refractivity contribution is 0.783. The minimum Gasteiger partial charge on any atom is -0.311 e. The first-order valence-corrected chi connectivity index (χ1v) is 20.5. The number of fused-ring (bicyclic) bond motifs is 8. The van der Waals surface area contributed by atoms with Crippen molar-refractivity contribution in [1.82, 2.24) is 4.57 Å². The van der Waals surface area contributed by atoms with E-state index in [1.54, 1.807) is 0 Å². The molecule has 0 fully saturated rings. The lowest BCUT2D eigenvalue weighted by Crippen LogP contribution is -2.30. The maximum atomic E-state index is 2.53. The Hall–Kier alpha value is -7.68. The molecule has 59 heavy (non-hydrogen) atoms. The molecule has 0 amide bonds. The number of nitrogens with zero attached hydrogens (tertiary/aromatic N) is 2. The van der Waals surface area contributed by atoms with E-state index in [1.165, 1.54) is 93.5 Å². The Morgan fingerprint density at radius 2 is 0.898 bits per heavy atom. The number of anilines is 3. The van der Waals surface area contributed by atoms with Gasteiger partial charge >= 0.3 is 0 Å². The van der Waals surface area contributed by atoms with Gasteiger partial charge in [0.1, 0.15) is 0 Å². The first-order valence-electron chi connectivity index (χ1n) is 20.5. The summed E-state index contributed by atoms with van der Waals surface area (Å²) in [6.45, 7) is 0. The van der Waals surface area contributed by atoms with Gasteiger partial charge in [-0.15, -0.1) is 0 Å². The molecule has 0 aliphatic heterocycles. The molecule has 0 saturated heterocycles. The van der Waals surface area contributed by atoms with E-state index in [2.05, 4.69) is 228 Å². The highest BCUT2D eigenvalue weighted by molar-refractivity contribution is 6.27. The third-order valence-corrected chi connectivity index (χ3v) is 13.1. The van der Waals surface area contributed by atoms with Crippen molar-refractivity contribution in [2.24, 2.45) is 0 Å². The Labute approximate surface area is 342 Å². The zero-order chi connectivity index (χ0) is 38.7. The minimum absolute atomic E-state index is 0.505. The second kappa shape index (κ2) is 12.2. The summed E-state index contributed by atoms with van der Waals surface area (Å²) in [5.74, 6) is 0. The molecule has 0 unspecified atom stereocenters. The van der Waals surface area contributed by atoms with Crippen LogP contribution < -0.4 is 4.90 Å².